The average Bonchev–Trinajstić information content (AvgIpc) is 2.15. The highest BCUT2D eigenvalue weighted by Gasteiger charge is 1.99. The van der Waals surface area contributed by atoms with Gasteiger partial charge in [0.05, 0.1) is 11.4 Å². The first-order valence-electron chi connectivity index (χ1n) is 5.66. The van der Waals surface area contributed by atoms with E-state index < -0.39 is 17.6 Å². The van der Waals surface area contributed by atoms with Gasteiger partial charge in [-0.2, -0.15) is 0 Å². The van der Waals surface area contributed by atoms with E-state index in [-0.39, 0.29) is 0 Å². The minimum Gasteiger partial charge on any atom is -0.750 e. The molecule has 4 nitrogen and oxygen atoms in total. The molecule has 0 heterocycles. The lowest BCUT2D eigenvalue weighted by atomic mass is 10.1. The number of nitrogens with one attached hydrogen (secondary N) is 1. The van der Waals surface area contributed by atoms with Crippen LogP contribution in [-0.4, -0.2) is 21.5 Å². The van der Waals surface area contributed by atoms with Crippen molar-refractivity contribution in [3.8, 4) is 0 Å². The van der Waals surface area contributed by atoms with Crippen molar-refractivity contribution in [1.82, 2.24) is 5.32 Å². The standard InChI is InChI=1S/C10H23NO3S/c1-3-4-5-6-7-8-9-11-10(2)14-15(12)13/h10-11H,3-9H2,1-2H3,(H,12,13)/p-1. The van der Waals surface area contributed by atoms with Crippen molar-refractivity contribution in [2.75, 3.05) is 6.54 Å². The summed E-state index contributed by atoms with van der Waals surface area (Å²) in [6.07, 6.45) is 6.98. The second kappa shape index (κ2) is 10.5. The molecule has 0 aliphatic rings. The highest BCUT2D eigenvalue weighted by Crippen LogP contribution is 2.04. The van der Waals surface area contributed by atoms with Crippen LogP contribution in [0.2, 0.25) is 0 Å². The molecule has 5 heteroatoms. The van der Waals surface area contributed by atoms with Gasteiger partial charge in [0.25, 0.3) is 0 Å². The maximum absolute atomic E-state index is 10.2. The molecule has 0 amide bonds. The molecule has 0 spiro atoms. The molecule has 0 aliphatic heterocycles. The Morgan fingerprint density at radius 1 is 1.27 bits per heavy atom. The summed E-state index contributed by atoms with van der Waals surface area (Å²) in [6, 6.07) is 0. The summed E-state index contributed by atoms with van der Waals surface area (Å²) in [5, 5.41) is 2.99. The van der Waals surface area contributed by atoms with E-state index in [0.29, 0.717) is 0 Å². The van der Waals surface area contributed by atoms with Crippen LogP contribution >= 0.6 is 0 Å². The van der Waals surface area contributed by atoms with E-state index in [1.807, 2.05) is 0 Å². The van der Waals surface area contributed by atoms with Crippen LogP contribution < -0.4 is 5.32 Å². The Morgan fingerprint density at radius 3 is 2.47 bits per heavy atom. The molecule has 0 saturated carbocycles. The first-order valence-corrected chi connectivity index (χ1v) is 6.66. The molecule has 15 heavy (non-hydrogen) atoms. The van der Waals surface area contributed by atoms with Crippen molar-refractivity contribution in [2.45, 2.75) is 58.6 Å². The third-order valence-electron chi connectivity index (χ3n) is 2.19. The van der Waals surface area contributed by atoms with Gasteiger partial charge in [-0.1, -0.05) is 39.0 Å². The Hall–Kier alpha value is 0.0300. The largest absolute Gasteiger partial charge is 0.750 e. The van der Waals surface area contributed by atoms with Gasteiger partial charge < -0.3 is 4.55 Å². The fraction of sp³-hybridized carbons (Fsp3) is 1.00. The van der Waals surface area contributed by atoms with Crippen LogP contribution in [-0.2, 0) is 15.5 Å². The molecule has 92 valence electrons. The summed E-state index contributed by atoms with van der Waals surface area (Å²) >= 11 is -2.42. The van der Waals surface area contributed by atoms with Crippen molar-refractivity contribution < 1.29 is 12.9 Å². The van der Waals surface area contributed by atoms with Crippen molar-refractivity contribution in [3.05, 3.63) is 0 Å². The van der Waals surface area contributed by atoms with Crippen molar-refractivity contribution in [2.24, 2.45) is 0 Å². The fourth-order valence-electron chi connectivity index (χ4n) is 1.36. The topological polar surface area (TPSA) is 61.4 Å². The molecule has 1 N–H and O–H groups in total. The molecule has 0 aromatic heterocycles. The number of hydrogen-bond donors (Lipinski definition) is 1. The molecule has 0 fully saturated rings. The van der Waals surface area contributed by atoms with Crippen LogP contribution in [0.15, 0.2) is 0 Å². The normalized spacial score (nSPS) is 15.1. The van der Waals surface area contributed by atoms with Crippen molar-refractivity contribution >= 4 is 11.4 Å². The van der Waals surface area contributed by atoms with Gasteiger partial charge in [-0.25, -0.2) is 4.21 Å². The first-order chi connectivity index (χ1) is 7.16. The van der Waals surface area contributed by atoms with Gasteiger partial charge in [-0.3, -0.25) is 9.50 Å². The van der Waals surface area contributed by atoms with Gasteiger partial charge in [0.2, 0.25) is 0 Å². The Kier molecular flexibility index (Phi) is 10.6. The summed E-state index contributed by atoms with van der Waals surface area (Å²) < 4.78 is 24.8. The third-order valence-corrected chi connectivity index (χ3v) is 2.63. The average molecular weight is 236 g/mol. The third kappa shape index (κ3) is 12.0. The van der Waals surface area contributed by atoms with Crippen molar-refractivity contribution in [1.29, 1.82) is 0 Å². The summed E-state index contributed by atoms with van der Waals surface area (Å²) in [6.45, 7) is 4.70. The first kappa shape index (κ1) is 15.0. The lowest BCUT2D eigenvalue weighted by Crippen LogP contribution is -2.30. The summed E-state index contributed by atoms with van der Waals surface area (Å²) in [4.78, 5) is 0. The van der Waals surface area contributed by atoms with Gasteiger partial charge in [0.1, 0.15) is 6.23 Å². The van der Waals surface area contributed by atoms with Gasteiger partial charge in [-0.15, -0.1) is 0 Å². The van der Waals surface area contributed by atoms with Crippen LogP contribution in [0.25, 0.3) is 0 Å². The fourth-order valence-corrected chi connectivity index (χ4v) is 1.67. The molecule has 0 saturated heterocycles. The molecule has 0 rings (SSSR count). The summed E-state index contributed by atoms with van der Waals surface area (Å²) in [5.41, 5.74) is 0. The minimum atomic E-state index is -2.42. The molecule has 0 aliphatic carbocycles. The second-order valence-corrected chi connectivity index (χ2v) is 4.27. The predicted octanol–water partition coefficient (Wildman–Crippen LogP) is 2.09. The Labute approximate surface area is 95.3 Å². The van der Waals surface area contributed by atoms with Gasteiger partial charge in [0, 0.05) is 0 Å². The Morgan fingerprint density at radius 2 is 1.87 bits per heavy atom. The van der Waals surface area contributed by atoms with Crippen LogP contribution in [0, 0.1) is 0 Å². The number of unbranched alkanes of at least 4 members (excludes halogenated alkanes) is 5. The second-order valence-electron chi connectivity index (χ2n) is 3.66. The minimum absolute atomic E-state index is 0.418. The lowest BCUT2D eigenvalue weighted by Gasteiger charge is -2.15. The monoisotopic (exact) mass is 236 g/mol. The highest BCUT2D eigenvalue weighted by molar-refractivity contribution is 7.74. The van der Waals surface area contributed by atoms with E-state index in [0.717, 1.165) is 13.0 Å². The smallest absolute Gasteiger partial charge is 0.121 e. The van der Waals surface area contributed by atoms with Crippen LogP contribution in [0.5, 0.6) is 0 Å². The van der Waals surface area contributed by atoms with E-state index in [4.69, 9.17) is 0 Å². The molecule has 0 radical (unpaired) electrons. The molecule has 2 unspecified atom stereocenters. The zero-order chi connectivity index (χ0) is 11.5. The van der Waals surface area contributed by atoms with Crippen LogP contribution in [0.1, 0.15) is 52.4 Å². The molecule has 0 aromatic carbocycles. The molecular weight excluding hydrogens is 214 g/mol. The number of hydrogen-bond acceptors (Lipinski definition) is 4. The van der Waals surface area contributed by atoms with Gasteiger partial charge >= 0.3 is 0 Å². The molecule has 0 aromatic rings. The predicted molar refractivity (Wildman–Crippen MR) is 60.8 cm³/mol. The maximum atomic E-state index is 10.2. The van der Waals surface area contributed by atoms with E-state index in [1.54, 1.807) is 6.92 Å². The van der Waals surface area contributed by atoms with E-state index in [9.17, 15) is 8.76 Å². The van der Waals surface area contributed by atoms with Crippen LogP contribution in [0.3, 0.4) is 0 Å². The summed E-state index contributed by atoms with van der Waals surface area (Å²) in [7, 11) is 0. The molecule has 0 bridgehead atoms. The number of rotatable bonds is 10. The van der Waals surface area contributed by atoms with Gasteiger partial charge in [0.15, 0.2) is 0 Å². The quantitative estimate of drug-likeness (QED) is 0.358. The van der Waals surface area contributed by atoms with E-state index in [1.165, 1.54) is 32.1 Å². The van der Waals surface area contributed by atoms with Crippen molar-refractivity contribution in [3.63, 3.8) is 0 Å². The Bertz CT molecular complexity index is 167. The lowest BCUT2D eigenvalue weighted by molar-refractivity contribution is 0.182. The van der Waals surface area contributed by atoms with Crippen LogP contribution in [0.4, 0.5) is 0 Å². The maximum Gasteiger partial charge on any atom is 0.121 e. The Balaban J connectivity index is 3.13. The van der Waals surface area contributed by atoms with E-state index >= 15 is 0 Å². The molecular formula is C10H22NO3S-. The summed E-state index contributed by atoms with van der Waals surface area (Å²) in [5.74, 6) is 0. The zero-order valence-electron chi connectivity index (χ0n) is 9.66. The molecule has 2 atom stereocenters. The van der Waals surface area contributed by atoms with Gasteiger partial charge in [-0.05, 0) is 19.9 Å². The highest BCUT2D eigenvalue weighted by atomic mass is 32.2. The van der Waals surface area contributed by atoms with E-state index in [2.05, 4.69) is 16.4 Å². The SMILES string of the molecule is CCCCCCCCNC(C)OS(=O)[O-]. The zero-order valence-corrected chi connectivity index (χ0v) is 10.5.